The minimum Gasteiger partial charge on any atom is -0.323 e. The van der Waals surface area contributed by atoms with Crippen LogP contribution in [-0.4, -0.2) is 26.4 Å². The monoisotopic (exact) mass is 402 g/mol. The molecule has 0 saturated carbocycles. The Morgan fingerprint density at radius 1 is 1.26 bits per heavy atom. The normalized spacial score (nSPS) is 10.6. The molecule has 3 aromatic rings. The number of para-hydroxylation sites is 1. The van der Waals surface area contributed by atoms with Gasteiger partial charge in [0.05, 0.1) is 11.4 Å². The molecule has 0 atom stereocenters. The lowest BCUT2D eigenvalue weighted by molar-refractivity contribution is -0.113. The Bertz CT molecular complexity index is 976. The molecular formula is C19H16ClFN4OS. The highest BCUT2D eigenvalue weighted by molar-refractivity contribution is 7.99. The van der Waals surface area contributed by atoms with Gasteiger partial charge in [-0.05, 0) is 24.3 Å². The third-order valence-electron chi connectivity index (χ3n) is 3.59. The van der Waals surface area contributed by atoms with E-state index in [1.807, 2.05) is 16.7 Å². The van der Waals surface area contributed by atoms with Crippen molar-refractivity contribution in [2.75, 3.05) is 11.1 Å². The number of amides is 1. The van der Waals surface area contributed by atoms with E-state index >= 15 is 0 Å². The van der Waals surface area contributed by atoms with Crippen molar-refractivity contribution in [2.24, 2.45) is 0 Å². The van der Waals surface area contributed by atoms with Gasteiger partial charge in [0, 0.05) is 17.1 Å². The fourth-order valence-electron chi connectivity index (χ4n) is 2.41. The maximum absolute atomic E-state index is 13.6. The number of rotatable bonds is 7. The summed E-state index contributed by atoms with van der Waals surface area (Å²) in [7, 11) is 0. The van der Waals surface area contributed by atoms with Gasteiger partial charge in [-0.15, -0.1) is 16.8 Å². The lowest BCUT2D eigenvalue weighted by Gasteiger charge is -2.08. The van der Waals surface area contributed by atoms with Crippen molar-refractivity contribution in [3.8, 4) is 11.4 Å². The minimum atomic E-state index is -0.478. The highest BCUT2D eigenvalue weighted by Gasteiger charge is 2.15. The van der Waals surface area contributed by atoms with Gasteiger partial charge in [0.1, 0.15) is 5.82 Å². The zero-order chi connectivity index (χ0) is 19.2. The molecular weight excluding hydrogens is 387 g/mol. The van der Waals surface area contributed by atoms with Gasteiger partial charge in [0.15, 0.2) is 11.0 Å². The van der Waals surface area contributed by atoms with Crippen LogP contribution in [0.3, 0.4) is 0 Å². The van der Waals surface area contributed by atoms with Gasteiger partial charge in [-0.25, -0.2) is 4.39 Å². The molecule has 0 radical (unpaired) electrons. The lowest BCUT2D eigenvalue weighted by Crippen LogP contribution is -2.15. The van der Waals surface area contributed by atoms with Crippen molar-refractivity contribution in [3.05, 3.63) is 72.0 Å². The Labute approximate surface area is 165 Å². The molecule has 1 N–H and O–H groups in total. The molecule has 5 nitrogen and oxygen atoms in total. The SMILES string of the molecule is C=CCn1c(SCC(=O)Nc2ccccc2F)nnc1-c1cccc(Cl)c1. The first-order valence-corrected chi connectivity index (χ1v) is 9.42. The number of hydrogen-bond donors (Lipinski definition) is 1. The molecule has 8 heteroatoms. The quantitative estimate of drug-likeness (QED) is 0.461. The Hall–Kier alpha value is -2.64. The minimum absolute atomic E-state index is 0.0686. The van der Waals surface area contributed by atoms with Crippen LogP contribution >= 0.6 is 23.4 Å². The maximum atomic E-state index is 13.6. The predicted octanol–water partition coefficient (Wildman–Crippen LogP) is 4.65. The highest BCUT2D eigenvalue weighted by Crippen LogP contribution is 2.26. The molecule has 3 rings (SSSR count). The number of halogens is 2. The molecule has 0 aliphatic heterocycles. The Morgan fingerprint density at radius 2 is 2.07 bits per heavy atom. The van der Waals surface area contributed by atoms with E-state index in [1.165, 1.54) is 23.9 Å². The third kappa shape index (κ3) is 4.75. The molecule has 0 aliphatic carbocycles. The summed E-state index contributed by atoms with van der Waals surface area (Å²) in [6.45, 7) is 4.24. The number of allylic oxidation sites excluding steroid dienone is 1. The van der Waals surface area contributed by atoms with Gasteiger partial charge >= 0.3 is 0 Å². The second-order valence-corrected chi connectivity index (χ2v) is 6.91. The molecule has 1 aromatic heterocycles. The number of nitrogens with one attached hydrogen (secondary N) is 1. The van der Waals surface area contributed by atoms with Gasteiger partial charge in [0.25, 0.3) is 0 Å². The second kappa shape index (κ2) is 8.83. The van der Waals surface area contributed by atoms with Crippen LogP contribution < -0.4 is 5.32 Å². The number of nitrogens with zero attached hydrogens (tertiary/aromatic N) is 3. The standard InChI is InChI=1S/C19H16ClFN4OS/c1-2-10-25-18(13-6-5-7-14(20)11-13)23-24-19(25)27-12-17(26)22-16-9-4-3-8-15(16)21/h2-9,11H,1,10,12H2,(H,22,26). The van der Waals surface area contributed by atoms with E-state index in [1.54, 1.807) is 30.3 Å². The van der Waals surface area contributed by atoms with E-state index < -0.39 is 5.82 Å². The van der Waals surface area contributed by atoms with Gasteiger partial charge in [-0.1, -0.05) is 53.7 Å². The summed E-state index contributed by atoms with van der Waals surface area (Å²) in [5, 5.41) is 12.1. The van der Waals surface area contributed by atoms with Gasteiger partial charge < -0.3 is 5.32 Å². The van der Waals surface area contributed by atoms with Crippen LogP contribution in [0.2, 0.25) is 5.02 Å². The Kier molecular flexibility index (Phi) is 6.26. The fourth-order valence-corrected chi connectivity index (χ4v) is 3.35. The van der Waals surface area contributed by atoms with Crippen molar-refractivity contribution in [2.45, 2.75) is 11.7 Å². The Balaban J connectivity index is 1.74. The number of hydrogen-bond acceptors (Lipinski definition) is 4. The summed E-state index contributed by atoms with van der Waals surface area (Å²) in [5.74, 6) is -0.106. The summed E-state index contributed by atoms with van der Waals surface area (Å²) in [4.78, 5) is 12.1. The number of carbonyl (C=O) groups is 1. The average molecular weight is 403 g/mol. The highest BCUT2D eigenvalue weighted by atomic mass is 35.5. The van der Waals surface area contributed by atoms with Crippen LogP contribution in [0.1, 0.15) is 0 Å². The van der Waals surface area contributed by atoms with Crippen molar-refractivity contribution in [1.82, 2.24) is 14.8 Å². The lowest BCUT2D eigenvalue weighted by atomic mass is 10.2. The number of carbonyl (C=O) groups excluding carboxylic acids is 1. The van der Waals surface area contributed by atoms with E-state index in [9.17, 15) is 9.18 Å². The van der Waals surface area contributed by atoms with Crippen molar-refractivity contribution < 1.29 is 9.18 Å². The van der Waals surface area contributed by atoms with Crippen LogP contribution in [0.5, 0.6) is 0 Å². The van der Waals surface area contributed by atoms with Crippen LogP contribution in [0.4, 0.5) is 10.1 Å². The van der Waals surface area contributed by atoms with Crippen LogP contribution in [0.15, 0.2) is 66.3 Å². The third-order valence-corrected chi connectivity index (χ3v) is 4.79. The smallest absolute Gasteiger partial charge is 0.234 e. The maximum Gasteiger partial charge on any atom is 0.234 e. The van der Waals surface area contributed by atoms with E-state index in [-0.39, 0.29) is 17.3 Å². The molecule has 0 unspecified atom stereocenters. The van der Waals surface area contributed by atoms with E-state index in [4.69, 9.17) is 11.6 Å². The molecule has 0 bridgehead atoms. The first-order valence-electron chi connectivity index (χ1n) is 8.05. The van der Waals surface area contributed by atoms with Gasteiger partial charge in [-0.3, -0.25) is 9.36 Å². The van der Waals surface area contributed by atoms with Gasteiger partial charge in [-0.2, -0.15) is 0 Å². The van der Waals surface area contributed by atoms with Crippen molar-refractivity contribution in [1.29, 1.82) is 0 Å². The molecule has 27 heavy (non-hydrogen) atoms. The molecule has 138 valence electrons. The average Bonchev–Trinajstić information content (AvgIpc) is 3.05. The topological polar surface area (TPSA) is 59.8 Å². The number of benzene rings is 2. The van der Waals surface area contributed by atoms with Crippen LogP contribution in [0, 0.1) is 5.82 Å². The van der Waals surface area contributed by atoms with Crippen LogP contribution in [0.25, 0.3) is 11.4 Å². The van der Waals surface area contributed by atoms with Gasteiger partial charge in [0.2, 0.25) is 5.91 Å². The number of anilines is 1. The van der Waals surface area contributed by atoms with E-state index in [0.717, 1.165) is 5.56 Å². The molecule has 0 fully saturated rings. The predicted molar refractivity (Wildman–Crippen MR) is 106 cm³/mol. The summed E-state index contributed by atoms with van der Waals surface area (Å²) < 4.78 is 15.5. The zero-order valence-corrected chi connectivity index (χ0v) is 15.8. The second-order valence-electron chi connectivity index (χ2n) is 5.53. The summed E-state index contributed by atoms with van der Waals surface area (Å²) in [6, 6.07) is 13.3. The Morgan fingerprint density at radius 3 is 2.81 bits per heavy atom. The molecule has 1 amide bonds. The largest absolute Gasteiger partial charge is 0.323 e. The van der Waals surface area contributed by atoms with Crippen molar-refractivity contribution >= 4 is 35.0 Å². The summed E-state index contributed by atoms with van der Waals surface area (Å²) in [6.07, 6.45) is 1.72. The number of aromatic nitrogens is 3. The molecule has 0 aliphatic rings. The van der Waals surface area contributed by atoms with E-state index in [0.29, 0.717) is 22.5 Å². The molecule has 1 heterocycles. The molecule has 2 aromatic carbocycles. The number of thioether (sulfide) groups is 1. The zero-order valence-electron chi connectivity index (χ0n) is 14.2. The fraction of sp³-hybridized carbons (Fsp3) is 0.105. The molecule has 0 spiro atoms. The molecule has 0 saturated heterocycles. The first kappa shape index (κ1) is 19.1. The summed E-state index contributed by atoms with van der Waals surface area (Å²) >= 11 is 7.27. The first-order chi connectivity index (χ1) is 13.1. The van der Waals surface area contributed by atoms with E-state index in [2.05, 4.69) is 22.1 Å². The summed E-state index contributed by atoms with van der Waals surface area (Å²) in [5.41, 5.74) is 0.967. The van der Waals surface area contributed by atoms with Crippen molar-refractivity contribution in [3.63, 3.8) is 0 Å². The van der Waals surface area contributed by atoms with Crippen LogP contribution in [-0.2, 0) is 11.3 Å².